The first-order valence-electron chi connectivity index (χ1n) is 8.67. The van der Waals surface area contributed by atoms with E-state index in [1.54, 1.807) is 17.3 Å². The van der Waals surface area contributed by atoms with Crippen molar-refractivity contribution in [3.63, 3.8) is 0 Å². The average Bonchev–Trinajstić information content (AvgIpc) is 2.61. The molecule has 0 saturated carbocycles. The summed E-state index contributed by atoms with van der Waals surface area (Å²) in [6, 6.07) is 11.6. The standard InChI is InChI=1S/C20H27N3O2/c1-5-19(17-9-11-21-12-10-17)23(4)20(24)22-14-16-7-6-8-18(13-16)25-15(2)3/h6-13,15,19H,5,14H2,1-4H3,(H,22,24). The van der Waals surface area contributed by atoms with Gasteiger partial charge in [0.2, 0.25) is 0 Å². The molecule has 5 nitrogen and oxygen atoms in total. The molecule has 0 aliphatic heterocycles. The second-order valence-electron chi connectivity index (χ2n) is 6.29. The van der Waals surface area contributed by atoms with Gasteiger partial charge in [0.15, 0.2) is 0 Å². The Morgan fingerprint density at radius 3 is 2.60 bits per heavy atom. The van der Waals surface area contributed by atoms with Crippen LogP contribution in [0.1, 0.15) is 44.4 Å². The van der Waals surface area contributed by atoms with Crippen LogP contribution in [0, 0.1) is 0 Å². The minimum atomic E-state index is -0.0983. The van der Waals surface area contributed by atoms with Crippen molar-refractivity contribution in [1.29, 1.82) is 0 Å². The Bertz CT molecular complexity index is 674. The van der Waals surface area contributed by atoms with Gasteiger partial charge in [-0.1, -0.05) is 19.1 Å². The number of urea groups is 1. The van der Waals surface area contributed by atoms with E-state index in [1.165, 1.54) is 0 Å². The molecule has 1 aromatic carbocycles. The molecule has 5 heteroatoms. The summed E-state index contributed by atoms with van der Waals surface area (Å²) in [6.45, 7) is 6.52. The summed E-state index contributed by atoms with van der Waals surface area (Å²) in [4.78, 5) is 18.3. The second kappa shape index (κ2) is 9.06. The molecule has 1 aromatic heterocycles. The number of amides is 2. The SMILES string of the molecule is CCC(c1ccncc1)N(C)C(=O)NCc1cccc(OC(C)C)c1. The Morgan fingerprint density at radius 2 is 1.96 bits per heavy atom. The topological polar surface area (TPSA) is 54.5 Å². The molecule has 2 amide bonds. The van der Waals surface area contributed by atoms with Crippen LogP contribution in [-0.2, 0) is 6.54 Å². The zero-order chi connectivity index (χ0) is 18.2. The Hall–Kier alpha value is -2.56. The van der Waals surface area contributed by atoms with E-state index in [4.69, 9.17) is 4.74 Å². The van der Waals surface area contributed by atoms with Crippen LogP contribution >= 0.6 is 0 Å². The first kappa shape index (κ1) is 18.8. The summed E-state index contributed by atoms with van der Waals surface area (Å²) >= 11 is 0. The molecule has 1 heterocycles. The van der Waals surface area contributed by atoms with Gasteiger partial charge in [-0.3, -0.25) is 4.98 Å². The van der Waals surface area contributed by atoms with Crippen molar-refractivity contribution in [1.82, 2.24) is 15.2 Å². The van der Waals surface area contributed by atoms with Gasteiger partial charge in [0.05, 0.1) is 12.1 Å². The minimum Gasteiger partial charge on any atom is -0.491 e. The maximum atomic E-state index is 12.5. The Labute approximate surface area is 150 Å². The fraction of sp³-hybridized carbons (Fsp3) is 0.400. The molecular formula is C20H27N3O2. The predicted molar refractivity (Wildman–Crippen MR) is 99.5 cm³/mol. The van der Waals surface area contributed by atoms with E-state index in [2.05, 4.69) is 17.2 Å². The van der Waals surface area contributed by atoms with E-state index >= 15 is 0 Å². The molecule has 1 atom stereocenters. The molecule has 0 bridgehead atoms. The van der Waals surface area contributed by atoms with Gasteiger partial charge < -0.3 is 15.0 Å². The molecule has 0 aliphatic carbocycles. The number of aromatic nitrogens is 1. The molecule has 2 rings (SSSR count). The highest BCUT2D eigenvalue weighted by atomic mass is 16.5. The fourth-order valence-corrected chi connectivity index (χ4v) is 2.76. The maximum Gasteiger partial charge on any atom is 0.317 e. The molecule has 0 radical (unpaired) electrons. The van der Waals surface area contributed by atoms with Crippen LogP contribution in [0.3, 0.4) is 0 Å². The van der Waals surface area contributed by atoms with Crippen LogP contribution in [0.25, 0.3) is 0 Å². The molecular weight excluding hydrogens is 314 g/mol. The first-order chi connectivity index (χ1) is 12.0. The molecule has 2 aromatic rings. The van der Waals surface area contributed by atoms with Crippen LogP contribution in [0.15, 0.2) is 48.8 Å². The Balaban J connectivity index is 1.97. The number of carbonyl (C=O) groups excluding carboxylic acids is 1. The Kier molecular flexibility index (Phi) is 6.81. The van der Waals surface area contributed by atoms with Crippen molar-refractivity contribution in [2.75, 3.05) is 7.05 Å². The van der Waals surface area contributed by atoms with Gasteiger partial charge in [-0.2, -0.15) is 0 Å². The van der Waals surface area contributed by atoms with Crippen LogP contribution in [0.2, 0.25) is 0 Å². The molecule has 0 aliphatic rings. The fourth-order valence-electron chi connectivity index (χ4n) is 2.76. The average molecular weight is 341 g/mol. The zero-order valence-electron chi connectivity index (χ0n) is 15.4. The highest BCUT2D eigenvalue weighted by Crippen LogP contribution is 2.22. The first-order valence-corrected chi connectivity index (χ1v) is 8.67. The lowest BCUT2D eigenvalue weighted by atomic mass is 10.1. The lowest BCUT2D eigenvalue weighted by Gasteiger charge is -2.28. The summed E-state index contributed by atoms with van der Waals surface area (Å²) in [6.07, 6.45) is 4.47. The normalized spacial score (nSPS) is 11.9. The van der Waals surface area contributed by atoms with Gasteiger partial charge in [-0.25, -0.2) is 4.79 Å². The number of carbonyl (C=O) groups is 1. The van der Waals surface area contributed by atoms with Crippen LogP contribution in [-0.4, -0.2) is 29.1 Å². The number of nitrogens with zero attached hydrogens (tertiary/aromatic N) is 2. The zero-order valence-corrected chi connectivity index (χ0v) is 15.4. The van der Waals surface area contributed by atoms with Crippen molar-refractivity contribution in [2.45, 2.75) is 45.9 Å². The maximum absolute atomic E-state index is 12.5. The minimum absolute atomic E-state index is 0.0265. The molecule has 25 heavy (non-hydrogen) atoms. The molecule has 134 valence electrons. The molecule has 1 N–H and O–H groups in total. The second-order valence-corrected chi connectivity index (χ2v) is 6.29. The highest BCUT2D eigenvalue weighted by molar-refractivity contribution is 5.74. The molecule has 1 unspecified atom stereocenters. The third-order valence-corrected chi connectivity index (χ3v) is 3.98. The summed E-state index contributed by atoms with van der Waals surface area (Å²) < 4.78 is 5.69. The van der Waals surface area contributed by atoms with Gasteiger partial charge in [-0.05, 0) is 55.7 Å². The summed E-state index contributed by atoms with van der Waals surface area (Å²) in [5, 5.41) is 2.98. The van der Waals surface area contributed by atoms with Gasteiger partial charge in [0, 0.05) is 26.0 Å². The van der Waals surface area contributed by atoms with Gasteiger partial charge in [0.25, 0.3) is 0 Å². The van der Waals surface area contributed by atoms with E-state index in [1.807, 2.05) is 57.3 Å². The largest absolute Gasteiger partial charge is 0.491 e. The lowest BCUT2D eigenvalue weighted by Crippen LogP contribution is -2.39. The van der Waals surface area contributed by atoms with Gasteiger partial charge in [-0.15, -0.1) is 0 Å². The van der Waals surface area contributed by atoms with Crippen molar-refractivity contribution in [3.05, 3.63) is 59.9 Å². The number of hydrogen-bond acceptors (Lipinski definition) is 3. The van der Waals surface area contributed by atoms with Crippen LogP contribution in [0.5, 0.6) is 5.75 Å². The summed E-state index contributed by atoms with van der Waals surface area (Å²) in [5.41, 5.74) is 2.10. The smallest absolute Gasteiger partial charge is 0.317 e. The Morgan fingerprint density at radius 1 is 1.24 bits per heavy atom. The van der Waals surface area contributed by atoms with Crippen molar-refractivity contribution in [2.24, 2.45) is 0 Å². The predicted octanol–water partition coefficient (Wildman–Crippen LogP) is 4.16. The van der Waals surface area contributed by atoms with Crippen molar-refractivity contribution in [3.8, 4) is 5.75 Å². The quantitative estimate of drug-likeness (QED) is 0.822. The summed E-state index contributed by atoms with van der Waals surface area (Å²) in [7, 11) is 1.82. The highest BCUT2D eigenvalue weighted by Gasteiger charge is 2.19. The molecule has 0 saturated heterocycles. The number of ether oxygens (including phenoxy) is 1. The van der Waals surface area contributed by atoms with E-state index in [0.29, 0.717) is 6.54 Å². The van der Waals surface area contributed by atoms with E-state index in [0.717, 1.165) is 23.3 Å². The third kappa shape index (κ3) is 5.48. The number of hydrogen-bond donors (Lipinski definition) is 1. The van der Waals surface area contributed by atoms with E-state index in [9.17, 15) is 4.79 Å². The van der Waals surface area contributed by atoms with Gasteiger partial charge >= 0.3 is 6.03 Å². The lowest BCUT2D eigenvalue weighted by molar-refractivity contribution is 0.188. The number of rotatable bonds is 7. The van der Waals surface area contributed by atoms with E-state index in [-0.39, 0.29) is 18.2 Å². The van der Waals surface area contributed by atoms with Crippen molar-refractivity contribution >= 4 is 6.03 Å². The number of nitrogens with one attached hydrogen (secondary N) is 1. The third-order valence-electron chi connectivity index (χ3n) is 3.98. The van der Waals surface area contributed by atoms with Crippen molar-refractivity contribution < 1.29 is 9.53 Å². The molecule has 0 spiro atoms. The number of pyridine rings is 1. The monoisotopic (exact) mass is 341 g/mol. The van der Waals surface area contributed by atoms with Gasteiger partial charge in [0.1, 0.15) is 5.75 Å². The molecule has 0 fully saturated rings. The number of benzene rings is 1. The van der Waals surface area contributed by atoms with Crippen LogP contribution < -0.4 is 10.1 Å². The van der Waals surface area contributed by atoms with Crippen LogP contribution in [0.4, 0.5) is 4.79 Å². The summed E-state index contributed by atoms with van der Waals surface area (Å²) in [5.74, 6) is 0.818. The van der Waals surface area contributed by atoms with E-state index < -0.39 is 0 Å².